The zero-order valence-corrected chi connectivity index (χ0v) is 13.5. The molecule has 0 amide bonds. The largest absolute Gasteiger partial charge is 0.433 e. The SMILES string of the molecule is O=[N+]([O-])c1ccc(C(=Cc2ccccc2F)S(=O)(=O)C(Cl)Cl)o1. The van der Waals surface area contributed by atoms with Gasteiger partial charge in [0.15, 0.2) is 5.76 Å². The van der Waals surface area contributed by atoms with Gasteiger partial charge in [0, 0.05) is 5.56 Å². The van der Waals surface area contributed by atoms with E-state index in [0.717, 1.165) is 24.3 Å². The summed E-state index contributed by atoms with van der Waals surface area (Å²) in [6, 6.07) is 7.39. The lowest BCUT2D eigenvalue weighted by Gasteiger charge is -2.08. The Morgan fingerprint density at radius 3 is 2.43 bits per heavy atom. The van der Waals surface area contributed by atoms with Crippen LogP contribution in [-0.2, 0) is 9.84 Å². The van der Waals surface area contributed by atoms with Crippen molar-refractivity contribution in [2.24, 2.45) is 0 Å². The van der Waals surface area contributed by atoms with E-state index in [-0.39, 0.29) is 11.3 Å². The van der Waals surface area contributed by atoms with Gasteiger partial charge in [-0.05, 0) is 18.2 Å². The Balaban J connectivity index is 2.66. The average Bonchev–Trinajstić information content (AvgIpc) is 2.95. The molecule has 10 heteroatoms. The second kappa shape index (κ2) is 6.69. The highest BCUT2D eigenvalue weighted by Crippen LogP contribution is 2.33. The summed E-state index contributed by atoms with van der Waals surface area (Å²) < 4.78 is 41.2. The lowest BCUT2D eigenvalue weighted by molar-refractivity contribution is -0.402. The van der Waals surface area contributed by atoms with E-state index in [1.165, 1.54) is 18.2 Å². The number of hydrogen-bond donors (Lipinski definition) is 0. The Morgan fingerprint density at radius 2 is 1.91 bits per heavy atom. The molecule has 0 bridgehead atoms. The fraction of sp³-hybridized carbons (Fsp3) is 0.0769. The number of benzene rings is 1. The molecule has 0 radical (unpaired) electrons. The smallest absolute Gasteiger partial charge is 0.400 e. The molecule has 0 saturated heterocycles. The van der Waals surface area contributed by atoms with Crippen molar-refractivity contribution in [2.45, 2.75) is 4.17 Å². The normalized spacial score (nSPS) is 12.6. The van der Waals surface area contributed by atoms with E-state index in [9.17, 15) is 22.9 Å². The predicted octanol–water partition coefficient (Wildman–Crippen LogP) is 4.00. The molecule has 2 rings (SSSR count). The van der Waals surface area contributed by atoms with Crippen LogP contribution in [0.5, 0.6) is 0 Å². The summed E-state index contributed by atoms with van der Waals surface area (Å²) in [4.78, 5) is 9.26. The molecule has 0 fully saturated rings. The van der Waals surface area contributed by atoms with Crippen molar-refractivity contribution in [3.63, 3.8) is 0 Å². The maximum absolute atomic E-state index is 13.7. The molecule has 0 saturated carbocycles. The third-order valence-corrected chi connectivity index (χ3v) is 5.56. The molecular weight excluding hydrogens is 372 g/mol. The molecule has 0 aliphatic carbocycles. The number of rotatable bonds is 5. The van der Waals surface area contributed by atoms with Gasteiger partial charge in [-0.15, -0.1) is 0 Å². The van der Waals surface area contributed by atoms with E-state index >= 15 is 0 Å². The van der Waals surface area contributed by atoms with Gasteiger partial charge in [-0.25, -0.2) is 12.8 Å². The fourth-order valence-electron chi connectivity index (χ4n) is 1.68. The lowest BCUT2D eigenvalue weighted by Crippen LogP contribution is -2.11. The maximum Gasteiger partial charge on any atom is 0.433 e. The van der Waals surface area contributed by atoms with Crippen LogP contribution in [0.2, 0.25) is 0 Å². The topological polar surface area (TPSA) is 90.4 Å². The van der Waals surface area contributed by atoms with E-state index in [2.05, 4.69) is 0 Å². The summed E-state index contributed by atoms with van der Waals surface area (Å²) in [6.07, 6.45) is 0.949. The minimum Gasteiger partial charge on any atom is -0.400 e. The monoisotopic (exact) mass is 379 g/mol. The van der Waals surface area contributed by atoms with Gasteiger partial charge in [0.2, 0.25) is 14.0 Å². The average molecular weight is 380 g/mol. The van der Waals surface area contributed by atoms with Gasteiger partial charge in [-0.2, -0.15) is 0 Å². The Morgan fingerprint density at radius 1 is 1.26 bits per heavy atom. The quantitative estimate of drug-likeness (QED) is 0.444. The van der Waals surface area contributed by atoms with Gasteiger partial charge in [0.1, 0.15) is 15.6 Å². The predicted molar refractivity (Wildman–Crippen MR) is 84.0 cm³/mol. The molecule has 0 unspecified atom stereocenters. The van der Waals surface area contributed by atoms with Crippen LogP contribution in [0.25, 0.3) is 11.0 Å². The summed E-state index contributed by atoms with van der Waals surface area (Å²) in [6.45, 7) is 0. The third-order valence-electron chi connectivity index (χ3n) is 2.75. The fourth-order valence-corrected chi connectivity index (χ4v) is 3.13. The van der Waals surface area contributed by atoms with Crippen molar-refractivity contribution in [1.82, 2.24) is 0 Å². The van der Waals surface area contributed by atoms with Crippen LogP contribution in [0.4, 0.5) is 10.3 Å². The molecule has 2 aromatic rings. The summed E-state index contributed by atoms with van der Waals surface area (Å²) in [5.41, 5.74) is -0.0703. The molecule has 1 heterocycles. The number of halogens is 3. The van der Waals surface area contributed by atoms with Crippen LogP contribution < -0.4 is 0 Å². The van der Waals surface area contributed by atoms with E-state index in [1.807, 2.05) is 0 Å². The Hall–Kier alpha value is -1.90. The number of sulfone groups is 1. The number of nitro groups is 1. The van der Waals surface area contributed by atoms with E-state index < -0.39 is 35.5 Å². The summed E-state index contributed by atoms with van der Waals surface area (Å²) in [7, 11) is -4.31. The molecule has 6 nitrogen and oxygen atoms in total. The molecule has 0 spiro atoms. The van der Waals surface area contributed by atoms with Crippen LogP contribution in [0.1, 0.15) is 11.3 Å². The minimum atomic E-state index is -4.31. The van der Waals surface area contributed by atoms with Gasteiger partial charge in [0.25, 0.3) is 0 Å². The highest BCUT2D eigenvalue weighted by Gasteiger charge is 2.30. The third kappa shape index (κ3) is 3.72. The maximum atomic E-state index is 13.7. The molecule has 1 aromatic heterocycles. The highest BCUT2D eigenvalue weighted by molar-refractivity contribution is 8.03. The van der Waals surface area contributed by atoms with Crippen molar-refractivity contribution in [2.75, 3.05) is 0 Å². The molecule has 1 aromatic carbocycles. The molecular formula is C13H8Cl2FNO5S. The molecule has 0 aliphatic rings. The van der Waals surface area contributed by atoms with Crippen LogP contribution in [-0.4, -0.2) is 17.5 Å². The first-order valence-corrected chi connectivity index (χ1v) is 8.38. The molecule has 23 heavy (non-hydrogen) atoms. The van der Waals surface area contributed by atoms with Crippen molar-refractivity contribution < 1.29 is 22.1 Å². The molecule has 0 aliphatic heterocycles. The number of nitrogens with zero attached hydrogens (tertiary/aromatic N) is 1. The van der Waals surface area contributed by atoms with Crippen LogP contribution in [0, 0.1) is 15.9 Å². The molecule has 0 atom stereocenters. The summed E-state index contributed by atoms with van der Waals surface area (Å²) >= 11 is 10.9. The highest BCUT2D eigenvalue weighted by atomic mass is 35.5. The number of furan rings is 1. The first kappa shape index (κ1) is 17.5. The van der Waals surface area contributed by atoms with Crippen molar-refractivity contribution >= 4 is 49.9 Å². The summed E-state index contributed by atoms with van der Waals surface area (Å²) in [5, 5.41) is 10.7. The second-order valence-electron chi connectivity index (χ2n) is 4.23. The Labute approximate surface area is 140 Å². The van der Waals surface area contributed by atoms with Gasteiger partial charge in [-0.1, -0.05) is 41.4 Å². The van der Waals surface area contributed by atoms with E-state index in [4.69, 9.17) is 27.6 Å². The van der Waals surface area contributed by atoms with Crippen molar-refractivity contribution in [3.05, 3.63) is 63.7 Å². The van der Waals surface area contributed by atoms with Gasteiger partial charge >= 0.3 is 5.88 Å². The zero-order valence-electron chi connectivity index (χ0n) is 11.1. The first-order chi connectivity index (χ1) is 10.7. The van der Waals surface area contributed by atoms with Crippen molar-refractivity contribution in [3.8, 4) is 0 Å². The second-order valence-corrected chi connectivity index (χ2v) is 7.85. The van der Waals surface area contributed by atoms with E-state index in [0.29, 0.717) is 0 Å². The van der Waals surface area contributed by atoms with Crippen LogP contribution in [0.15, 0.2) is 40.8 Å². The Bertz CT molecular complexity index is 876. The van der Waals surface area contributed by atoms with Crippen LogP contribution in [0.3, 0.4) is 0 Å². The van der Waals surface area contributed by atoms with Gasteiger partial charge < -0.3 is 4.42 Å². The zero-order chi connectivity index (χ0) is 17.2. The molecule has 122 valence electrons. The summed E-state index contributed by atoms with van der Waals surface area (Å²) in [5.74, 6) is -1.73. The lowest BCUT2D eigenvalue weighted by atomic mass is 10.2. The van der Waals surface area contributed by atoms with Gasteiger partial charge in [-0.3, -0.25) is 10.1 Å². The Kier molecular flexibility index (Phi) is 5.08. The first-order valence-electron chi connectivity index (χ1n) is 5.96. The number of alkyl halides is 2. The minimum absolute atomic E-state index is 0.0703. The van der Waals surface area contributed by atoms with Crippen LogP contribution >= 0.6 is 23.2 Å². The standard InChI is InChI=1S/C13H8Cl2FNO5S/c14-13(15)23(20,21)11(7-8-3-1-2-4-9(8)16)10-5-6-12(22-10)17(18)19/h1-7,13H. The number of hydrogen-bond acceptors (Lipinski definition) is 5. The van der Waals surface area contributed by atoms with Crippen molar-refractivity contribution in [1.29, 1.82) is 0 Å². The van der Waals surface area contributed by atoms with E-state index in [1.54, 1.807) is 0 Å². The van der Waals surface area contributed by atoms with Gasteiger partial charge in [0.05, 0.1) is 6.07 Å². The molecule has 0 N–H and O–H groups in total.